The summed E-state index contributed by atoms with van der Waals surface area (Å²) in [7, 11) is 1.45. The summed E-state index contributed by atoms with van der Waals surface area (Å²) in [6, 6.07) is 0. The van der Waals surface area contributed by atoms with E-state index in [0.717, 1.165) is 0 Å². The van der Waals surface area contributed by atoms with Gasteiger partial charge in [0.1, 0.15) is 53.9 Å². The molecule has 45 heavy (non-hydrogen) atoms. The topological polar surface area (TPSA) is 251 Å². The van der Waals surface area contributed by atoms with E-state index in [4.69, 9.17) is 50.8 Å². The van der Waals surface area contributed by atoms with Crippen LogP contribution in [0.3, 0.4) is 0 Å². The number of thiol groups is 1. The first-order valence-corrected chi connectivity index (χ1v) is 18.3. The molecule has 3 aliphatic heterocycles. The number of imidazole rings is 2. The molecule has 0 radical (unpaired) electrons. The van der Waals surface area contributed by atoms with Crippen molar-refractivity contribution in [3.05, 3.63) is 24.7 Å². The van der Waals surface area contributed by atoms with Crippen LogP contribution in [-0.4, -0.2) is 109 Å². The highest BCUT2D eigenvalue weighted by Gasteiger charge is 2.53. The number of nitrogens with zero attached hydrogens (tertiary/aromatic N) is 8. The lowest BCUT2D eigenvalue weighted by Gasteiger charge is -2.27. The third-order valence-corrected chi connectivity index (χ3v) is 10.4. The van der Waals surface area contributed by atoms with Gasteiger partial charge in [-0.1, -0.05) is 12.2 Å². The van der Waals surface area contributed by atoms with Crippen LogP contribution in [0.25, 0.3) is 11.2 Å². The van der Waals surface area contributed by atoms with Crippen LogP contribution in [0.4, 0.5) is 16.0 Å². The molecule has 3 saturated heterocycles. The van der Waals surface area contributed by atoms with Gasteiger partial charge in [0.05, 0.1) is 25.9 Å². The van der Waals surface area contributed by atoms with Crippen molar-refractivity contribution in [2.75, 3.05) is 26.0 Å². The number of hydrogen-bond acceptors (Lipinski definition) is 16. The molecule has 0 spiro atoms. The minimum atomic E-state index is -4.35. The number of ether oxygens (including phenoxy) is 2. The van der Waals surface area contributed by atoms with Crippen molar-refractivity contribution in [3.63, 3.8) is 0 Å². The molecule has 0 amide bonds. The molecule has 6 heterocycles. The van der Waals surface area contributed by atoms with Crippen LogP contribution in [0.15, 0.2) is 29.0 Å². The number of halogens is 1. The molecule has 3 aromatic rings. The van der Waals surface area contributed by atoms with Crippen LogP contribution in [0.1, 0.15) is 18.1 Å². The molecule has 24 heteroatoms. The van der Waals surface area contributed by atoms with Crippen molar-refractivity contribution >= 4 is 72.9 Å². The summed E-state index contributed by atoms with van der Waals surface area (Å²) in [6.45, 7) is -6.34. The quantitative estimate of drug-likeness (QED) is 0.107. The first kappa shape index (κ1) is 32.5. The highest BCUT2D eigenvalue weighted by molar-refractivity contribution is 8.44. The summed E-state index contributed by atoms with van der Waals surface area (Å²) in [5, 5.41) is 11.3. The third kappa shape index (κ3) is 6.06. The van der Waals surface area contributed by atoms with Crippen LogP contribution >= 0.6 is 25.8 Å². The van der Waals surface area contributed by atoms with Gasteiger partial charge in [-0.2, -0.15) is 0 Å². The van der Waals surface area contributed by atoms with Crippen LogP contribution in [0.2, 0.25) is 0 Å². The minimum absolute atomic E-state index is 0.0399. The maximum atomic E-state index is 15.9. The molecule has 10 atom stereocenters. The van der Waals surface area contributed by atoms with Crippen LogP contribution in [0, 0.1) is 0 Å². The molecule has 0 saturated carbocycles. The van der Waals surface area contributed by atoms with Crippen molar-refractivity contribution in [1.82, 2.24) is 29.1 Å². The molecular weight excluding hydrogens is 681 g/mol. The Morgan fingerprint density at radius 3 is 2.58 bits per heavy atom. The molecule has 6 N–H and O–H groups in total. The monoisotopic (exact) mass is 708 g/mol. The first-order chi connectivity index (χ1) is 21.3. The van der Waals surface area contributed by atoms with Crippen LogP contribution in [0.5, 0.6) is 0 Å². The summed E-state index contributed by atoms with van der Waals surface area (Å²) in [5.74, 6) is 0.206. The van der Waals surface area contributed by atoms with E-state index in [1.165, 1.54) is 35.2 Å². The van der Waals surface area contributed by atoms with Crippen molar-refractivity contribution < 1.29 is 46.5 Å². The van der Waals surface area contributed by atoms with Crippen LogP contribution in [-0.2, 0) is 43.9 Å². The molecule has 2 unspecified atom stereocenters. The molecule has 3 aromatic heterocycles. The van der Waals surface area contributed by atoms with Gasteiger partial charge in [0.2, 0.25) is 0 Å². The van der Waals surface area contributed by atoms with Gasteiger partial charge < -0.3 is 35.5 Å². The van der Waals surface area contributed by atoms with E-state index in [1.54, 1.807) is 0 Å². The molecule has 6 rings (SSSR count). The zero-order chi connectivity index (χ0) is 32.3. The molecule has 244 valence electrons. The Morgan fingerprint density at radius 1 is 1.13 bits per heavy atom. The first-order valence-electron chi connectivity index (χ1n) is 13.0. The van der Waals surface area contributed by atoms with Gasteiger partial charge in [0.15, 0.2) is 35.9 Å². The molecule has 3 fully saturated rings. The van der Waals surface area contributed by atoms with Gasteiger partial charge >= 0.3 is 13.5 Å². The number of aliphatic imine (C=N–C) groups is 2. The third-order valence-electron chi connectivity index (χ3n) is 7.22. The van der Waals surface area contributed by atoms with Gasteiger partial charge in [-0.15, -0.1) is 0 Å². The number of anilines is 1. The Kier molecular flexibility index (Phi) is 8.87. The average Bonchev–Trinajstić information content (AvgIpc) is 3.75. The predicted octanol–water partition coefficient (Wildman–Crippen LogP) is 0.538. The van der Waals surface area contributed by atoms with Crippen molar-refractivity contribution in [3.8, 4) is 0 Å². The normalized spacial score (nSPS) is 37.9. The van der Waals surface area contributed by atoms with E-state index >= 15 is 4.39 Å². The Labute approximate surface area is 263 Å². The summed E-state index contributed by atoms with van der Waals surface area (Å²) in [5.41, 5.74) is 12.3. The maximum absolute atomic E-state index is 15.9. The Morgan fingerprint density at radius 2 is 1.84 bits per heavy atom. The Bertz CT molecular complexity index is 1750. The molecule has 19 nitrogen and oxygen atoms in total. The fraction of sp³-hybridized carbons (Fsp3) is 0.524. The van der Waals surface area contributed by atoms with Gasteiger partial charge in [-0.05, 0) is 18.5 Å². The number of nitrogens with two attached hydrogens (primary N) is 2. The number of amidine groups is 1. The van der Waals surface area contributed by atoms with E-state index in [0.29, 0.717) is 0 Å². The highest BCUT2D eigenvalue weighted by Crippen LogP contribution is 2.58. The summed E-state index contributed by atoms with van der Waals surface area (Å²) in [4.78, 5) is 35.2. The van der Waals surface area contributed by atoms with Crippen molar-refractivity contribution in [2.24, 2.45) is 15.7 Å². The van der Waals surface area contributed by atoms with Crippen molar-refractivity contribution in [2.45, 2.75) is 49.1 Å². The Hall–Kier alpha value is -2.46. The Balaban J connectivity index is 1.31. The highest BCUT2D eigenvalue weighted by atomic mass is 32.7. The number of aromatic nitrogens is 6. The van der Waals surface area contributed by atoms with E-state index in [2.05, 4.69) is 48.9 Å². The summed E-state index contributed by atoms with van der Waals surface area (Å²) in [6.07, 6.45) is -8.12. The number of nitrogen functional groups attached to an aromatic ring is 1. The fourth-order valence-corrected chi connectivity index (χ4v) is 8.02. The minimum Gasteiger partial charge on any atom is -0.386 e. The van der Waals surface area contributed by atoms with Gasteiger partial charge in [0.25, 0.3) is 0 Å². The second-order valence-electron chi connectivity index (χ2n) is 9.91. The lowest BCUT2D eigenvalue weighted by atomic mass is 10.1. The number of aliphatic hydroxyl groups excluding tert-OH is 1. The molecule has 2 bridgehead atoms. The van der Waals surface area contributed by atoms with Crippen molar-refractivity contribution in [1.29, 1.82) is 0 Å². The molecule has 0 aromatic carbocycles. The number of aliphatic hydroxyl groups is 1. The zero-order valence-corrected chi connectivity index (χ0v) is 26.6. The van der Waals surface area contributed by atoms with Gasteiger partial charge in [0, 0.05) is 7.05 Å². The van der Waals surface area contributed by atoms with E-state index in [9.17, 15) is 14.6 Å². The molecule has 3 aliphatic rings. The second kappa shape index (κ2) is 12.3. The van der Waals surface area contributed by atoms with E-state index < -0.39 is 75.9 Å². The standard InChI is InChI=1S/C21H27FN10O9P2S2/c1-25-16(23)11-18(26-2)31(6-29-11)20-13(33)14-9(39-20)4-37-43(35,45)41-15-10(22)8(3-36-42(34,44)40-14)38-21(15)32-7-30-12-17(24)27-5-28-19(12)32/h5-10,13-15,20-21,33H,2-4H2,1H3,(H2,23,25)(H,34,44)(H,35,45)(H2,24,27,28)/t8-,9-,10+,13-,14-,15-,20-,21-,42?,43?/m1/s1. The summed E-state index contributed by atoms with van der Waals surface area (Å²) >= 11 is 9.25. The van der Waals surface area contributed by atoms with E-state index in [-0.39, 0.29) is 34.3 Å². The smallest absolute Gasteiger partial charge is 0.386 e. The maximum Gasteiger partial charge on any atom is 0.386 e. The molecule has 0 aliphatic carbocycles. The largest absolute Gasteiger partial charge is 0.386 e. The molecular formula is C21H27FN10O9P2S2. The number of hydrogen-bond donors (Lipinski definition) is 5. The van der Waals surface area contributed by atoms with Crippen LogP contribution < -0.4 is 11.5 Å². The number of alkyl halides is 1. The number of rotatable bonds is 4. The lowest BCUT2D eigenvalue weighted by Crippen LogP contribution is -2.36. The van der Waals surface area contributed by atoms with E-state index in [1.807, 2.05) is 0 Å². The SMILES string of the molecule is C=Nc1c(C(N)=NC)ncn1[C@@H]1O[C@@H]2COP(O)(=S)O[C@@H]3[C@@H](F)[C@@H](COP(=O)(S)O[C@H]2[C@H]1O)O[C@H]3n1cnc2c(N)ncnc21. The summed E-state index contributed by atoms with van der Waals surface area (Å²) < 4.78 is 65.9. The fourth-order valence-electron chi connectivity index (χ4n) is 5.12. The average molecular weight is 709 g/mol. The second-order valence-corrected chi connectivity index (χ2v) is 15.6. The predicted molar refractivity (Wildman–Crippen MR) is 161 cm³/mol. The lowest BCUT2D eigenvalue weighted by molar-refractivity contribution is -0.0597. The van der Waals surface area contributed by atoms with Gasteiger partial charge in [-0.3, -0.25) is 27.7 Å². The number of fused-ring (bicyclic) bond motifs is 4. The zero-order valence-electron chi connectivity index (χ0n) is 23.1. The van der Waals surface area contributed by atoms with Gasteiger partial charge in [-0.25, -0.2) is 33.9 Å².